The molecule has 0 spiro atoms. The van der Waals surface area contributed by atoms with Crippen LogP contribution in [-0.4, -0.2) is 27.8 Å². The van der Waals surface area contributed by atoms with Crippen LogP contribution in [-0.2, 0) is 11.3 Å². The maximum absolute atomic E-state index is 11.6. The van der Waals surface area contributed by atoms with Gasteiger partial charge in [0, 0.05) is 17.1 Å². The number of methoxy groups -OCH3 is 1. The number of benzene rings is 1. The molecule has 2 aromatic rings. The Morgan fingerprint density at radius 2 is 2.30 bits per heavy atom. The van der Waals surface area contributed by atoms with Crippen molar-refractivity contribution in [1.29, 1.82) is 0 Å². The Labute approximate surface area is 119 Å². The van der Waals surface area contributed by atoms with Gasteiger partial charge in [-0.2, -0.15) is 0 Å². The summed E-state index contributed by atoms with van der Waals surface area (Å²) in [4.78, 5) is 23.8. The van der Waals surface area contributed by atoms with Gasteiger partial charge in [0.1, 0.15) is 0 Å². The van der Waals surface area contributed by atoms with E-state index in [-0.39, 0.29) is 5.69 Å². The second-order valence-electron chi connectivity index (χ2n) is 3.90. The maximum atomic E-state index is 11.6. The molecule has 0 unspecified atom stereocenters. The molecule has 1 aromatic carbocycles. The summed E-state index contributed by atoms with van der Waals surface area (Å²) in [5.41, 5.74) is 6.10. The van der Waals surface area contributed by atoms with Crippen molar-refractivity contribution >= 4 is 23.4 Å². The first-order valence-corrected chi connectivity index (χ1v) is 6.69. The van der Waals surface area contributed by atoms with Gasteiger partial charge in [0.25, 0.3) is 0 Å². The topological polar surface area (TPSA) is 103 Å². The number of anilines is 1. The number of nitrogens with zero attached hydrogens (tertiary/aromatic N) is 2. The predicted molar refractivity (Wildman–Crippen MR) is 74.8 cm³/mol. The molecule has 3 N–H and O–H groups in total. The minimum Gasteiger partial charge on any atom is -0.465 e. The Morgan fingerprint density at radius 1 is 1.55 bits per heavy atom. The summed E-state index contributed by atoms with van der Waals surface area (Å²) in [5, 5.41) is 6.85. The van der Waals surface area contributed by atoms with Crippen molar-refractivity contribution in [3.8, 4) is 0 Å². The summed E-state index contributed by atoms with van der Waals surface area (Å²) < 4.78 is 6.16. The number of ether oxygens (including phenoxy) is 1. The first-order valence-electron chi connectivity index (χ1n) is 5.87. The smallest absolute Gasteiger partial charge is 0.343 e. The average Bonchev–Trinajstić information content (AvgIpc) is 2.80. The number of nitrogen functional groups attached to an aromatic ring is 1. The molecule has 0 saturated heterocycles. The van der Waals surface area contributed by atoms with Crippen LogP contribution in [0.4, 0.5) is 5.69 Å². The summed E-state index contributed by atoms with van der Waals surface area (Å²) in [6.45, 7) is 2.36. The predicted octanol–water partition coefficient (Wildman–Crippen LogP) is 1.11. The number of hydrogen-bond donors (Lipinski definition) is 2. The fraction of sp³-hybridized carbons (Fsp3) is 0.250. The Kier molecular flexibility index (Phi) is 4.14. The first kappa shape index (κ1) is 14.2. The monoisotopic (exact) mass is 294 g/mol. The number of esters is 1. The van der Waals surface area contributed by atoms with E-state index in [0.29, 0.717) is 23.0 Å². The van der Waals surface area contributed by atoms with Crippen molar-refractivity contribution in [2.45, 2.75) is 23.5 Å². The lowest BCUT2D eigenvalue weighted by molar-refractivity contribution is 0.0601. The van der Waals surface area contributed by atoms with Crippen molar-refractivity contribution in [3.63, 3.8) is 0 Å². The van der Waals surface area contributed by atoms with Gasteiger partial charge in [-0.3, -0.25) is 4.57 Å². The van der Waals surface area contributed by atoms with Gasteiger partial charge in [0.2, 0.25) is 0 Å². The molecule has 0 aliphatic rings. The van der Waals surface area contributed by atoms with Crippen LogP contribution in [0.15, 0.2) is 33.0 Å². The molecule has 0 fully saturated rings. The number of hydrogen-bond acceptors (Lipinski definition) is 6. The largest absolute Gasteiger partial charge is 0.465 e. The highest BCUT2D eigenvalue weighted by atomic mass is 32.2. The first-order chi connectivity index (χ1) is 9.56. The second-order valence-corrected chi connectivity index (χ2v) is 4.94. The molecule has 0 aliphatic heterocycles. The van der Waals surface area contributed by atoms with E-state index in [2.05, 4.69) is 14.9 Å². The Hall–Kier alpha value is -2.22. The van der Waals surface area contributed by atoms with Gasteiger partial charge in [0.05, 0.1) is 12.7 Å². The molecule has 106 valence electrons. The molecule has 0 aliphatic carbocycles. The van der Waals surface area contributed by atoms with E-state index >= 15 is 0 Å². The molecule has 7 nitrogen and oxygen atoms in total. The lowest BCUT2D eigenvalue weighted by Crippen LogP contribution is -2.16. The number of aromatic amines is 1. The van der Waals surface area contributed by atoms with Gasteiger partial charge in [-0.25, -0.2) is 14.7 Å². The highest BCUT2D eigenvalue weighted by molar-refractivity contribution is 7.99. The zero-order chi connectivity index (χ0) is 14.7. The number of nitrogens with two attached hydrogens (primary N) is 1. The van der Waals surface area contributed by atoms with E-state index in [4.69, 9.17) is 5.73 Å². The molecule has 2 rings (SSSR count). The third-order valence-electron chi connectivity index (χ3n) is 2.68. The van der Waals surface area contributed by atoms with Gasteiger partial charge in [0.15, 0.2) is 5.16 Å². The number of carbonyl (C=O) groups is 1. The van der Waals surface area contributed by atoms with E-state index < -0.39 is 5.97 Å². The van der Waals surface area contributed by atoms with E-state index in [1.807, 2.05) is 6.92 Å². The summed E-state index contributed by atoms with van der Waals surface area (Å²) in [6, 6.07) is 4.99. The molecule has 1 aromatic heterocycles. The molecule has 0 bridgehead atoms. The van der Waals surface area contributed by atoms with Crippen LogP contribution in [0.2, 0.25) is 0 Å². The molecular formula is C12H14N4O3S. The van der Waals surface area contributed by atoms with Crippen LogP contribution >= 0.6 is 11.8 Å². The minimum atomic E-state index is -0.500. The number of carbonyl (C=O) groups excluding carboxylic acids is 1. The SMILES string of the molecule is CCn1c(Sc2ccc(N)c(C(=O)OC)c2)n[nH]c1=O. The van der Waals surface area contributed by atoms with Crippen molar-refractivity contribution < 1.29 is 9.53 Å². The van der Waals surface area contributed by atoms with Crippen LogP contribution in [0.1, 0.15) is 17.3 Å². The average molecular weight is 294 g/mol. The molecule has 0 amide bonds. The second kappa shape index (κ2) is 5.83. The van der Waals surface area contributed by atoms with Crippen LogP contribution in [0.25, 0.3) is 0 Å². The summed E-state index contributed by atoms with van der Waals surface area (Å²) in [7, 11) is 1.30. The standard InChI is InChI=1S/C12H14N4O3S/c1-3-16-11(18)14-15-12(16)20-7-4-5-9(13)8(6-7)10(17)19-2/h4-6H,3,13H2,1-2H3,(H,14,18). The van der Waals surface area contributed by atoms with E-state index in [1.165, 1.54) is 23.4 Å². The Bertz CT molecular complexity index is 692. The van der Waals surface area contributed by atoms with Gasteiger partial charge in [-0.05, 0) is 36.9 Å². The lowest BCUT2D eigenvalue weighted by atomic mass is 10.2. The van der Waals surface area contributed by atoms with Crippen LogP contribution < -0.4 is 11.4 Å². The lowest BCUT2D eigenvalue weighted by Gasteiger charge is -2.07. The third-order valence-corrected chi connectivity index (χ3v) is 3.66. The van der Waals surface area contributed by atoms with Crippen LogP contribution in [0.5, 0.6) is 0 Å². The van der Waals surface area contributed by atoms with Crippen molar-refractivity contribution in [2.75, 3.05) is 12.8 Å². The minimum absolute atomic E-state index is 0.265. The summed E-state index contributed by atoms with van der Waals surface area (Å²) in [5.74, 6) is -0.500. The zero-order valence-corrected chi connectivity index (χ0v) is 11.9. The molecule has 8 heteroatoms. The van der Waals surface area contributed by atoms with Gasteiger partial charge in [-0.15, -0.1) is 5.10 Å². The zero-order valence-electron chi connectivity index (χ0n) is 11.0. The fourth-order valence-electron chi connectivity index (χ4n) is 1.65. The van der Waals surface area contributed by atoms with Crippen molar-refractivity contribution in [1.82, 2.24) is 14.8 Å². The van der Waals surface area contributed by atoms with E-state index in [0.717, 1.165) is 4.90 Å². The van der Waals surface area contributed by atoms with Gasteiger partial charge in [-0.1, -0.05) is 0 Å². The van der Waals surface area contributed by atoms with Gasteiger partial charge >= 0.3 is 11.7 Å². The maximum Gasteiger partial charge on any atom is 0.343 e. The Morgan fingerprint density at radius 3 is 2.95 bits per heavy atom. The van der Waals surface area contributed by atoms with Crippen molar-refractivity contribution in [3.05, 3.63) is 34.2 Å². The number of rotatable bonds is 4. The van der Waals surface area contributed by atoms with E-state index in [1.54, 1.807) is 18.2 Å². The highest BCUT2D eigenvalue weighted by Gasteiger charge is 2.13. The molecule has 0 saturated carbocycles. The highest BCUT2D eigenvalue weighted by Crippen LogP contribution is 2.28. The summed E-state index contributed by atoms with van der Waals surface area (Å²) >= 11 is 1.27. The van der Waals surface area contributed by atoms with Crippen LogP contribution in [0.3, 0.4) is 0 Å². The molecule has 0 atom stereocenters. The van der Waals surface area contributed by atoms with Crippen molar-refractivity contribution in [2.24, 2.45) is 0 Å². The molecule has 1 heterocycles. The quantitative estimate of drug-likeness (QED) is 0.647. The molecular weight excluding hydrogens is 280 g/mol. The van der Waals surface area contributed by atoms with Crippen LogP contribution in [0, 0.1) is 0 Å². The normalized spacial score (nSPS) is 10.5. The molecule has 0 radical (unpaired) electrons. The number of nitrogens with one attached hydrogen (secondary N) is 1. The Balaban J connectivity index is 2.34. The van der Waals surface area contributed by atoms with Gasteiger partial charge < -0.3 is 10.5 Å². The number of H-pyrrole nitrogens is 1. The van der Waals surface area contributed by atoms with E-state index in [9.17, 15) is 9.59 Å². The third kappa shape index (κ3) is 2.69. The molecule has 20 heavy (non-hydrogen) atoms. The fourth-order valence-corrected chi connectivity index (χ4v) is 2.59. The number of aromatic nitrogens is 3. The summed E-state index contributed by atoms with van der Waals surface area (Å²) in [6.07, 6.45) is 0.